The Bertz CT molecular complexity index is 565. The van der Waals surface area contributed by atoms with Gasteiger partial charge in [0.2, 0.25) is 0 Å². The Labute approximate surface area is 136 Å². The second-order valence-corrected chi connectivity index (χ2v) is 6.64. The number of hydrogen-bond acceptors (Lipinski definition) is 4. The van der Waals surface area contributed by atoms with Gasteiger partial charge >= 0.3 is 5.97 Å². The molecule has 23 heavy (non-hydrogen) atoms. The molecule has 0 bridgehead atoms. The molecular formula is C17H25N2O4+. The van der Waals surface area contributed by atoms with Crippen LogP contribution in [0.25, 0.3) is 0 Å². The number of nitro groups is 1. The number of aryl methyl sites for hydroxylation is 1. The Hall–Kier alpha value is -1.95. The summed E-state index contributed by atoms with van der Waals surface area (Å²) in [7, 11) is 0. The molecule has 2 rings (SSSR count). The number of piperidine rings is 1. The van der Waals surface area contributed by atoms with E-state index < -0.39 is 10.5 Å². The van der Waals surface area contributed by atoms with Gasteiger partial charge in [-0.1, -0.05) is 12.1 Å². The number of nitrogens with two attached hydrogens (primary N) is 1. The minimum absolute atomic E-state index is 0.0506. The number of ether oxygens (including phenoxy) is 1. The number of esters is 1. The Kier molecular flexibility index (Phi) is 5.71. The SMILES string of the molecule is CC(C)(OC(=O)CCc1cccc([N+](=O)[O-])c1)C1CC[NH2+]CC1. The van der Waals surface area contributed by atoms with Crippen molar-refractivity contribution in [3.63, 3.8) is 0 Å². The van der Waals surface area contributed by atoms with Gasteiger partial charge in [0.15, 0.2) is 0 Å². The van der Waals surface area contributed by atoms with Gasteiger partial charge in [-0.2, -0.15) is 0 Å². The van der Waals surface area contributed by atoms with Gasteiger partial charge in [0, 0.05) is 37.3 Å². The zero-order valence-corrected chi connectivity index (χ0v) is 13.8. The van der Waals surface area contributed by atoms with Gasteiger partial charge in [-0.05, 0) is 25.8 Å². The van der Waals surface area contributed by atoms with E-state index >= 15 is 0 Å². The van der Waals surface area contributed by atoms with Gasteiger partial charge in [-0.15, -0.1) is 0 Å². The molecule has 1 fully saturated rings. The van der Waals surface area contributed by atoms with E-state index in [-0.39, 0.29) is 18.1 Å². The number of nitrogens with zero attached hydrogens (tertiary/aromatic N) is 1. The normalized spacial score (nSPS) is 16.1. The highest BCUT2D eigenvalue weighted by Gasteiger charge is 2.35. The fourth-order valence-corrected chi connectivity index (χ4v) is 3.12. The third-order valence-corrected chi connectivity index (χ3v) is 4.54. The second-order valence-electron chi connectivity index (χ2n) is 6.64. The van der Waals surface area contributed by atoms with Crippen molar-refractivity contribution in [3.05, 3.63) is 39.9 Å². The van der Waals surface area contributed by atoms with E-state index in [0.717, 1.165) is 31.5 Å². The van der Waals surface area contributed by atoms with Crippen molar-refractivity contribution in [1.29, 1.82) is 0 Å². The van der Waals surface area contributed by atoms with E-state index in [1.54, 1.807) is 12.1 Å². The lowest BCUT2D eigenvalue weighted by atomic mass is 9.83. The van der Waals surface area contributed by atoms with Crippen molar-refractivity contribution < 1.29 is 19.8 Å². The lowest BCUT2D eigenvalue weighted by Crippen LogP contribution is -2.86. The molecule has 126 valence electrons. The van der Waals surface area contributed by atoms with Crippen LogP contribution in [-0.4, -0.2) is 29.6 Å². The van der Waals surface area contributed by atoms with Crippen LogP contribution in [0.5, 0.6) is 0 Å². The lowest BCUT2D eigenvalue weighted by Gasteiger charge is -2.35. The van der Waals surface area contributed by atoms with E-state index in [9.17, 15) is 14.9 Å². The summed E-state index contributed by atoms with van der Waals surface area (Å²) in [6.07, 6.45) is 2.81. The van der Waals surface area contributed by atoms with Crippen LogP contribution in [0.1, 0.15) is 38.7 Å². The van der Waals surface area contributed by atoms with E-state index in [0.29, 0.717) is 12.3 Å². The molecule has 0 spiro atoms. The number of quaternary nitrogens is 1. The summed E-state index contributed by atoms with van der Waals surface area (Å²) in [4.78, 5) is 22.5. The number of carbonyl (C=O) groups excluding carboxylic acids is 1. The molecule has 1 aliphatic rings. The van der Waals surface area contributed by atoms with Gasteiger partial charge in [0.05, 0.1) is 18.0 Å². The highest BCUT2D eigenvalue weighted by Crippen LogP contribution is 2.28. The molecule has 1 aromatic rings. The summed E-state index contributed by atoms with van der Waals surface area (Å²) >= 11 is 0. The quantitative estimate of drug-likeness (QED) is 0.492. The van der Waals surface area contributed by atoms with Crippen molar-refractivity contribution in [2.24, 2.45) is 5.92 Å². The molecule has 0 amide bonds. The molecule has 1 saturated heterocycles. The summed E-state index contributed by atoms with van der Waals surface area (Å²) in [6.45, 7) is 6.13. The third-order valence-electron chi connectivity index (χ3n) is 4.54. The van der Waals surface area contributed by atoms with Crippen LogP contribution in [-0.2, 0) is 16.0 Å². The van der Waals surface area contributed by atoms with Gasteiger partial charge in [0.1, 0.15) is 5.60 Å². The predicted molar refractivity (Wildman–Crippen MR) is 86.0 cm³/mol. The summed E-state index contributed by atoms with van der Waals surface area (Å²) in [5, 5.41) is 13.1. The maximum absolute atomic E-state index is 12.1. The number of nitro benzene ring substituents is 1. The topological polar surface area (TPSA) is 86.0 Å². The van der Waals surface area contributed by atoms with Gasteiger partial charge in [0.25, 0.3) is 5.69 Å². The summed E-state index contributed by atoms with van der Waals surface area (Å²) in [5.41, 5.74) is 0.379. The molecule has 6 nitrogen and oxygen atoms in total. The number of carbonyl (C=O) groups is 1. The monoisotopic (exact) mass is 321 g/mol. The number of rotatable bonds is 6. The van der Waals surface area contributed by atoms with E-state index in [1.807, 2.05) is 13.8 Å². The second kappa shape index (κ2) is 7.55. The van der Waals surface area contributed by atoms with Crippen molar-refractivity contribution in [2.75, 3.05) is 13.1 Å². The van der Waals surface area contributed by atoms with Crippen LogP contribution < -0.4 is 5.32 Å². The largest absolute Gasteiger partial charge is 0.459 e. The molecule has 0 unspecified atom stereocenters. The summed E-state index contributed by atoms with van der Waals surface area (Å²) in [6, 6.07) is 6.39. The molecule has 2 N–H and O–H groups in total. The van der Waals surface area contributed by atoms with Crippen molar-refractivity contribution in [1.82, 2.24) is 0 Å². The van der Waals surface area contributed by atoms with Crippen LogP contribution >= 0.6 is 0 Å². The van der Waals surface area contributed by atoms with Crippen LogP contribution in [0.2, 0.25) is 0 Å². The lowest BCUT2D eigenvalue weighted by molar-refractivity contribution is -0.665. The Morgan fingerprint density at radius 2 is 2.09 bits per heavy atom. The standard InChI is InChI=1S/C17H24N2O4/c1-17(2,14-8-10-18-11-9-14)23-16(20)7-6-13-4-3-5-15(12-13)19(21)22/h3-5,12,14,18H,6-11H2,1-2H3/p+1. The highest BCUT2D eigenvalue weighted by atomic mass is 16.6. The fourth-order valence-electron chi connectivity index (χ4n) is 3.12. The Morgan fingerprint density at radius 1 is 1.39 bits per heavy atom. The predicted octanol–water partition coefficient (Wildman–Crippen LogP) is 1.82. The van der Waals surface area contributed by atoms with Crippen LogP contribution in [0, 0.1) is 16.0 Å². The smallest absolute Gasteiger partial charge is 0.306 e. The molecule has 6 heteroatoms. The minimum Gasteiger partial charge on any atom is -0.459 e. The minimum atomic E-state index is -0.450. The molecular weight excluding hydrogens is 296 g/mol. The molecule has 0 atom stereocenters. The number of hydrogen-bond donors (Lipinski definition) is 1. The van der Waals surface area contributed by atoms with Gasteiger partial charge in [-0.3, -0.25) is 14.9 Å². The Balaban J connectivity index is 1.87. The first kappa shape index (κ1) is 17.4. The maximum Gasteiger partial charge on any atom is 0.306 e. The van der Waals surface area contributed by atoms with Crippen molar-refractivity contribution in [2.45, 2.75) is 45.1 Å². The molecule has 0 saturated carbocycles. The molecule has 0 radical (unpaired) electrons. The van der Waals surface area contributed by atoms with E-state index in [1.165, 1.54) is 12.1 Å². The highest BCUT2D eigenvalue weighted by molar-refractivity contribution is 5.70. The van der Waals surface area contributed by atoms with Crippen LogP contribution in [0.15, 0.2) is 24.3 Å². The Morgan fingerprint density at radius 3 is 2.74 bits per heavy atom. The van der Waals surface area contributed by atoms with E-state index in [2.05, 4.69) is 5.32 Å². The molecule has 1 heterocycles. The summed E-state index contributed by atoms with van der Waals surface area (Å²) in [5.74, 6) is 0.158. The zero-order chi connectivity index (χ0) is 16.9. The average Bonchev–Trinajstić information content (AvgIpc) is 2.53. The number of non-ortho nitro benzene ring substituents is 1. The first-order chi connectivity index (χ1) is 10.9. The maximum atomic E-state index is 12.1. The van der Waals surface area contributed by atoms with Gasteiger partial charge in [-0.25, -0.2) is 0 Å². The fraction of sp³-hybridized carbons (Fsp3) is 0.588. The molecule has 1 aromatic carbocycles. The van der Waals surface area contributed by atoms with E-state index in [4.69, 9.17) is 4.74 Å². The van der Waals surface area contributed by atoms with Crippen molar-refractivity contribution in [3.8, 4) is 0 Å². The first-order valence-corrected chi connectivity index (χ1v) is 8.15. The van der Waals surface area contributed by atoms with Gasteiger partial charge < -0.3 is 10.1 Å². The van der Waals surface area contributed by atoms with Crippen LogP contribution in [0.4, 0.5) is 5.69 Å². The third kappa shape index (κ3) is 5.03. The zero-order valence-electron chi connectivity index (χ0n) is 13.8. The average molecular weight is 321 g/mol. The number of benzene rings is 1. The van der Waals surface area contributed by atoms with Crippen molar-refractivity contribution >= 4 is 11.7 Å². The molecule has 1 aliphatic heterocycles. The molecule has 0 aliphatic carbocycles. The molecule has 0 aromatic heterocycles. The van der Waals surface area contributed by atoms with Crippen LogP contribution in [0.3, 0.4) is 0 Å². The summed E-state index contributed by atoms with van der Waals surface area (Å²) < 4.78 is 5.69. The first-order valence-electron chi connectivity index (χ1n) is 8.15.